The Morgan fingerprint density at radius 2 is 1.67 bits per heavy atom. The number of rotatable bonds is 3. The maximum Gasteiger partial charge on any atom is 0.335 e. The van der Waals surface area contributed by atoms with Crippen molar-refractivity contribution in [3.63, 3.8) is 0 Å². The molecule has 4 aromatic rings. The standard InChI is InChI=1S/C25H16O8/c26-15-7-5-13(6-8-15)17-11-32-24-21-16(12-1-3-14(4-2-12)25(30)31)9-20(28)33-19(21)10-18(27)22(24)23(17)29/h1-8,10-11,16,26-27H,9H2,(H,30,31). The minimum absolute atomic E-state index is 0.0411. The summed E-state index contributed by atoms with van der Waals surface area (Å²) in [5.41, 5.74) is 1.42. The number of esters is 1. The molecule has 5 rings (SSSR count). The number of ether oxygens (including phenoxy) is 1. The molecule has 8 heteroatoms. The van der Waals surface area contributed by atoms with Gasteiger partial charge in [-0.1, -0.05) is 24.3 Å². The van der Waals surface area contributed by atoms with Crippen LogP contribution in [0.25, 0.3) is 22.1 Å². The number of benzene rings is 3. The number of carbonyl (C=O) groups is 2. The summed E-state index contributed by atoms with van der Waals surface area (Å²) in [5, 5.41) is 29.2. The molecule has 1 aliphatic rings. The third kappa shape index (κ3) is 3.38. The van der Waals surface area contributed by atoms with Crippen LogP contribution >= 0.6 is 0 Å². The van der Waals surface area contributed by atoms with Crippen molar-refractivity contribution in [2.75, 3.05) is 0 Å². The van der Waals surface area contributed by atoms with Crippen molar-refractivity contribution in [3.05, 3.63) is 87.8 Å². The number of phenols is 2. The lowest BCUT2D eigenvalue weighted by atomic mass is 9.84. The zero-order chi connectivity index (χ0) is 23.3. The second-order valence-corrected chi connectivity index (χ2v) is 7.69. The van der Waals surface area contributed by atoms with E-state index in [-0.39, 0.29) is 40.0 Å². The van der Waals surface area contributed by atoms with Crippen molar-refractivity contribution in [1.82, 2.24) is 0 Å². The van der Waals surface area contributed by atoms with Crippen molar-refractivity contribution < 1.29 is 34.1 Å². The summed E-state index contributed by atoms with van der Waals surface area (Å²) in [5.74, 6) is -2.46. The van der Waals surface area contributed by atoms with Crippen LogP contribution in [-0.2, 0) is 4.79 Å². The molecule has 1 aromatic heterocycles. The molecular formula is C25H16O8. The molecule has 0 spiro atoms. The number of aromatic hydroxyl groups is 2. The summed E-state index contributed by atoms with van der Waals surface area (Å²) in [6.45, 7) is 0. The van der Waals surface area contributed by atoms with Crippen LogP contribution in [0.15, 0.2) is 70.1 Å². The third-order valence-electron chi connectivity index (χ3n) is 5.71. The summed E-state index contributed by atoms with van der Waals surface area (Å²) < 4.78 is 11.1. The SMILES string of the molecule is O=C1CC(c2ccc(C(=O)O)cc2)c2c(cc(O)c3c(=O)c(-c4ccc(O)cc4)coc23)O1. The molecule has 0 amide bonds. The fraction of sp³-hybridized carbons (Fsp3) is 0.0800. The van der Waals surface area contributed by atoms with E-state index in [1.807, 2.05) is 0 Å². The molecule has 0 saturated heterocycles. The van der Waals surface area contributed by atoms with Gasteiger partial charge in [0.25, 0.3) is 0 Å². The van der Waals surface area contributed by atoms with E-state index in [1.54, 1.807) is 24.3 Å². The Morgan fingerprint density at radius 1 is 0.970 bits per heavy atom. The molecule has 0 fully saturated rings. The van der Waals surface area contributed by atoms with Crippen molar-refractivity contribution >= 4 is 22.9 Å². The highest BCUT2D eigenvalue weighted by Crippen LogP contribution is 2.45. The normalized spacial score (nSPS) is 15.2. The number of phenolic OH excluding ortho intramolecular Hbond substituents is 2. The van der Waals surface area contributed by atoms with Crippen molar-refractivity contribution in [2.45, 2.75) is 12.3 Å². The minimum atomic E-state index is -1.08. The predicted octanol–water partition coefficient (Wildman–Crippen LogP) is 4.01. The molecule has 33 heavy (non-hydrogen) atoms. The van der Waals surface area contributed by atoms with Gasteiger partial charge in [-0.2, -0.15) is 0 Å². The van der Waals surface area contributed by atoms with Crippen molar-refractivity contribution in [1.29, 1.82) is 0 Å². The number of carbonyl (C=O) groups excluding carboxylic acids is 1. The smallest absolute Gasteiger partial charge is 0.335 e. The highest BCUT2D eigenvalue weighted by atomic mass is 16.5. The Kier molecular flexibility index (Phi) is 4.63. The fourth-order valence-electron chi connectivity index (χ4n) is 4.11. The van der Waals surface area contributed by atoms with Gasteiger partial charge in [-0.3, -0.25) is 9.59 Å². The summed E-state index contributed by atoms with van der Waals surface area (Å²) in [7, 11) is 0. The first-order chi connectivity index (χ1) is 15.8. The zero-order valence-corrected chi connectivity index (χ0v) is 16.9. The van der Waals surface area contributed by atoms with Gasteiger partial charge < -0.3 is 24.5 Å². The van der Waals surface area contributed by atoms with Gasteiger partial charge in [0.1, 0.15) is 34.5 Å². The first-order valence-corrected chi connectivity index (χ1v) is 9.98. The van der Waals surface area contributed by atoms with Crippen molar-refractivity contribution in [3.8, 4) is 28.4 Å². The molecule has 2 heterocycles. The zero-order valence-electron chi connectivity index (χ0n) is 16.9. The number of hydrogen-bond donors (Lipinski definition) is 3. The second-order valence-electron chi connectivity index (χ2n) is 7.69. The van der Waals surface area contributed by atoms with E-state index in [0.717, 1.165) is 0 Å². The molecule has 1 aliphatic heterocycles. The molecule has 0 radical (unpaired) electrons. The minimum Gasteiger partial charge on any atom is -0.508 e. The van der Waals surface area contributed by atoms with Gasteiger partial charge in [0.05, 0.1) is 17.5 Å². The summed E-state index contributed by atoms with van der Waals surface area (Å²) >= 11 is 0. The van der Waals surface area contributed by atoms with E-state index >= 15 is 0 Å². The summed E-state index contributed by atoms with van der Waals surface area (Å²) in [6, 6.07) is 13.2. The summed E-state index contributed by atoms with van der Waals surface area (Å²) in [4.78, 5) is 36.7. The Balaban J connectivity index is 1.73. The van der Waals surface area contributed by atoms with E-state index in [9.17, 15) is 24.6 Å². The highest BCUT2D eigenvalue weighted by Gasteiger charge is 2.33. The molecular weight excluding hydrogens is 428 g/mol. The quantitative estimate of drug-likeness (QED) is 0.319. The van der Waals surface area contributed by atoms with E-state index in [2.05, 4.69) is 0 Å². The molecule has 3 aromatic carbocycles. The van der Waals surface area contributed by atoms with E-state index in [1.165, 1.54) is 36.6 Å². The molecule has 0 aliphatic carbocycles. The second kappa shape index (κ2) is 7.52. The maximum absolute atomic E-state index is 13.3. The Bertz CT molecular complexity index is 1480. The Labute approximate surface area is 185 Å². The maximum atomic E-state index is 13.3. The van der Waals surface area contributed by atoms with Gasteiger partial charge in [0.15, 0.2) is 0 Å². The molecule has 0 bridgehead atoms. The third-order valence-corrected chi connectivity index (χ3v) is 5.71. The lowest BCUT2D eigenvalue weighted by Gasteiger charge is -2.26. The largest absolute Gasteiger partial charge is 0.508 e. The molecule has 8 nitrogen and oxygen atoms in total. The van der Waals surface area contributed by atoms with Crippen LogP contribution in [0.4, 0.5) is 0 Å². The van der Waals surface area contributed by atoms with Crippen LogP contribution in [0, 0.1) is 0 Å². The topological polar surface area (TPSA) is 134 Å². The van der Waals surface area contributed by atoms with Crippen molar-refractivity contribution in [2.24, 2.45) is 0 Å². The van der Waals surface area contributed by atoms with Gasteiger partial charge in [-0.15, -0.1) is 0 Å². The first kappa shape index (κ1) is 20.3. The van der Waals surface area contributed by atoms with Crippen LogP contribution in [0.5, 0.6) is 17.2 Å². The monoisotopic (exact) mass is 444 g/mol. The number of carboxylic acids is 1. The van der Waals surface area contributed by atoms with Gasteiger partial charge in [-0.25, -0.2) is 4.79 Å². The van der Waals surface area contributed by atoms with Gasteiger partial charge in [0.2, 0.25) is 5.43 Å². The Morgan fingerprint density at radius 3 is 2.33 bits per heavy atom. The number of carboxylic acid groups (broad SMARTS) is 1. The van der Waals surface area contributed by atoms with Crippen LogP contribution in [0.2, 0.25) is 0 Å². The van der Waals surface area contributed by atoms with Crippen LogP contribution in [0.3, 0.4) is 0 Å². The molecule has 3 N–H and O–H groups in total. The van der Waals surface area contributed by atoms with E-state index in [0.29, 0.717) is 16.7 Å². The van der Waals surface area contributed by atoms with Crippen LogP contribution in [-0.4, -0.2) is 27.3 Å². The number of aromatic carboxylic acids is 1. The van der Waals surface area contributed by atoms with Crippen LogP contribution < -0.4 is 10.2 Å². The number of fused-ring (bicyclic) bond motifs is 3. The van der Waals surface area contributed by atoms with Crippen LogP contribution in [0.1, 0.15) is 33.8 Å². The van der Waals surface area contributed by atoms with Gasteiger partial charge in [0, 0.05) is 17.5 Å². The lowest BCUT2D eigenvalue weighted by molar-refractivity contribution is -0.135. The van der Waals surface area contributed by atoms with Gasteiger partial charge >= 0.3 is 11.9 Å². The molecule has 1 unspecified atom stereocenters. The molecule has 164 valence electrons. The average molecular weight is 444 g/mol. The number of hydrogen-bond acceptors (Lipinski definition) is 7. The Hall–Kier alpha value is -4.59. The lowest BCUT2D eigenvalue weighted by Crippen LogP contribution is -2.22. The fourth-order valence-corrected chi connectivity index (χ4v) is 4.11. The molecule has 0 saturated carbocycles. The highest BCUT2D eigenvalue weighted by molar-refractivity contribution is 5.94. The average Bonchev–Trinajstić information content (AvgIpc) is 2.79. The summed E-state index contributed by atoms with van der Waals surface area (Å²) in [6.07, 6.45) is 1.21. The van der Waals surface area contributed by atoms with E-state index < -0.39 is 29.0 Å². The first-order valence-electron chi connectivity index (χ1n) is 9.98. The predicted molar refractivity (Wildman–Crippen MR) is 117 cm³/mol. The van der Waals surface area contributed by atoms with E-state index in [4.69, 9.17) is 14.3 Å². The van der Waals surface area contributed by atoms with Gasteiger partial charge in [-0.05, 0) is 35.4 Å². The molecule has 1 atom stereocenters.